The predicted molar refractivity (Wildman–Crippen MR) is 82.4 cm³/mol. The van der Waals surface area contributed by atoms with Gasteiger partial charge < -0.3 is 5.73 Å². The first-order valence-electron chi connectivity index (χ1n) is 6.54. The van der Waals surface area contributed by atoms with Crippen LogP contribution in [0.15, 0.2) is 42.6 Å². The summed E-state index contributed by atoms with van der Waals surface area (Å²) >= 11 is 0. The zero-order chi connectivity index (χ0) is 13.6. The van der Waals surface area contributed by atoms with Crippen LogP contribution < -0.4 is 5.73 Å². The summed E-state index contributed by atoms with van der Waals surface area (Å²) in [5.41, 5.74) is 7.44. The molecule has 96 valence electrons. The SMILES string of the molecule is CC(C)(C)c1ccc2ccc3c(N)nccc3c2c1. The lowest BCUT2D eigenvalue weighted by molar-refractivity contribution is 0.591. The van der Waals surface area contributed by atoms with E-state index in [1.807, 2.05) is 6.07 Å². The van der Waals surface area contributed by atoms with Crippen molar-refractivity contribution in [2.45, 2.75) is 26.2 Å². The molecule has 2 nitrogen and oxygen atoms in total. The van der Waals surface area contributed by atoms with Gasteiger partial charge in [-0.15, -0.1) is 0 Å². The Bertz CT molecular complexity index is 767. The van der Waals surface area contributed by atoms with Crippen molar-refractivity contribution in [3.63, 3.8) is 0 Å². The number of anilines is 1. The zero-order valence-electron chi connectivity index (χ0n) is 11.6. The number of benzene rings is 2. The highest BCUT2D eigenvalue weighted by Crippen LogP contribution is 2.31. The molecule has 2 heteroatoms. The van der Waals surface area contributed by atoms with Gasteiger partial charge in [0.15, 0.2) is 0 Å². The molecule has 19 heavy (non-hydrogen) atoms. The molecule has 0 saturated carbocycles. The van der Waals surface area contributed by atoms with Crippen molar-refractivity contribution < 1.29 is 0 Å². The van der Waals surface area contributed by atoms with Crippen molar-refractivity contribution in [3.05, 3.63) is 48.2 Å². The zero-order valence-corrected chi connectivity index (χ0v) is 11.6. The monoisotopic (exact) mass is 250 g/mol. The molecule has 2 aromatic carbocycles. The Hall–Kier alpha value is -2.09. The summed E-state index contributed by atoms with van der Waals surface area (Å²) in [5, 5.41) is 4.70. The standard InChI is InChI=1S/C17H18N2/c1-17(2,3)12-6-4-11-5-7-14-13(15(11)10-12)8-9-19-16(14)18/h4-10H,1-3H3,(H2,18,19). The lowest BCUT2D eigenvalue weighted by Gasteiger charge is -2.20. The van der Waals surface area contributed by atoms with Gasteiger partial charge >= 0.3 is 0 Å². The van der Waals surface area contributed by atoms with E-state index in [0.29, 0.717) is 5.82 Å². The molecule has 0 aliphatic heterocycles. The second-order valence-electron chi connectivity index (χ2n) is 6.04. The number of nitrogen functional groups attached to an aromatic ring is 1. The van der Waals surface area contributed by atoms with Crippen LogP contribution in [0, 0.1) is 0 Å². The van der Waals surface area contributed by atoms with Crippen LogP contribution in [0.1, 0.15) is 26.3 Å². The second-order valence-corrected chi connectivity index (χ2v) is 6.04. The maximum absolute atomic E-state index is 5.96. The van der Waals surface area contributed by atoms with E-state index in [0.717, 1.165) is 5.39 Å². The summed E-state index contributed by atoms with van der Waals surface area (Å²) in [5.74, 6) is 0.598. The van der Waals surface area contributed by atoms with E-state index >= 15 is 0 Å². The third-order valence-corrected chi connectivity index (χ3v) is 3.66. The average Bonchev–Trinajstić information content (AvgIpc) is 2.37. The number of hydrogen-bond acceptors (Lipinski definition) is 2. The topological polar surface area (TPSA) is 38.9 Å². The number of pyridine rings is 1. The van der Waals surface area contributed by atoms with Crippen LogP contribution in [0.3, 0.4) is 0 Å². The summed E-state index contributed by atoms with van der Waals surface area (Å²) in [6, 6.07) is 12.9. The van der Waals surface area contributed by atoms with Gasteiger partial charge in [-0.1, -0.05) is 45.0 Å². The van der Waals surface area contributed by atoms with E-state index < -0.39 is 0 Å². The Morgan fingerprint density at radius 1 is 0.895 bits per heavy atom. The highest BCUT2D eigenvalue weighted by molar-refractivity contribution is 6.10. The highest BCUT2D eigenvalue weighted by atomic mass is 14.8. The van der Waals surface area contributed by atoms with E-state index in [4.69, 9.17) is 5.73 Å². The number of nitrogens with two attached hydrogens (primary N) is 1. The quantitative estimate of drug-likeness (QED) is 0.605. The van der Waals surface area contributed by atoms with Gasteiger partial charge in [0.05, 0.1) is 0 Å². The molecule has 0 bridgehead atoms. The number of nitrogens with zero attached hydrogens (tertiary/aromatic N) is 1. The van der Waals surface area contributed by atoms with Crippen molar-refractivity contribution in [2.75, 3.05) is 5.73 Å². The molecule has 3 rings (SSSR count). The van der Waals surface area contributed by atoms with Gasteiger partial charge in [-0.25, -0.2) is 4.98 Å². The summed E-state index contributed by atoms with van der Waals surface area (Å²) in [4.78, 5) is 4.16. The summed E-state index contributed by atoms with van der Waals surface area (Å²) in [7, 11) is 0. The Morgan fingerprint density at radius 3 is 2.37 bits per heavy atom. The summed E-state index contributed by atoms with van der Waals surface area (Å²) in [6.45, 7) is 6.69. The van der Waals surface area contributed by atoms with Crippen LogP contribution in [0.5, 0.6) is 0 Å². The largest absolute Gasteiger partial charge is 0.383 e. The normalized spacial score (nSPS) is 12.2. The van der Waals surface area contributed by atoms with Gasteiger partial charge in [0, 0.05) is 11.6 Å². The molecule has 0 spiro atoms. The minimum atomic E-state index is 0.148. The molecule has 0 unspecified atom stereocenters. The molecular weight excluding hydrogens is 232 g/mol. The average molecular weight is 250 g/mol. The minimum absolute atomic E-state index is 0.148. The molecule has 0 radical (unpaired) electrons. The van der Waals surface area contributed by atoms with Crippen LogP contribution >= 0.6 is 0 Å². The third kappa shape index (κ3) is 1.93. The number of rotatable bonds is 0. The molecule has 0 fully saturated rings. The maximum atomic E-state index is 5.96. The number of aromatic nitrogens is 1. The van der Waals surface area contributed by atoms with Gasteiger partial charge in [-0.3, -0.25) is 0 Å². The van der Waals surface area contributed by atoms with Crippen molar-refractivity contribution in [1.29, 1.82) is 0 Å². The van der Waals surface area contributed by atoms with E-state index in [-0.39, 0.29) is 5.41 Å². The van der Waals surface area contributed by atoms with Crippen LogP contribution in [-0.2, 0) is 5.41 Å². The van der Waals surface area contributed by atoms with Gasteiger partial charge in [-0.05, 0) is 39.3 Å². The predicted octanol–water partition coefficient (Wildman–Crippen LogP) is 4.27. The van der Waals surface area contributed by atoms with Crippen molar-refractivity contribution in [3.8, 4) is 0 Å². The van der Waals surface area contributed by atoms with Crippen LogP contribution in [-0.4, -0.2) is 4.98 Å². The van der Waals surface area contributed by atoms with E-state index in [2.05, 4.69) is 56.1 Å². The van der Waals surface area contributed by atoms with E-state index in [1.165, 1.54) is 21.7 Å². The van der Waals surface area contributed by atoms with Gasteiger partial charge in [0.25, 0.3) is 0 Å². The summed E-state index contributed by atoms with van der Waals surface area (Å²) in [6.07, 6.45) is 1.78. The van der Waals surface area contributed by atoms with E-state index in [9.17, 15) is 0 Å². The Labute approximate surface area is 113 Å². The lowest BCUT2D eigenvalue weighted by Crippen LogP contribution is -2.10. The molecule has 3 aromatic rings. The summed E-state index contributed by atoms with van der Waals surface area (Å²) < 4.78 is 0. The van der Waals surface area contributed by atoms with Gasteiger partial charge in [-0.2, -0.15) is 0 Å². The second kappa shape index (κ2) is 3.95. The molecule has 0 saturated heterocycles. The highest BCUT2D eigenvalue weighted by Gasteiger charge is 2.14. The fourth-order valence-corrected chi connectivity index (χ4v) is 2.47. The van der Waals surface area contributed by atoms with Crippen molar-refractivity contribution in [2.24, 2.45) is 0 Å². The molecule has 0 amide bonds. The van der Waals surface area contributed by atoms with E-state index in [1.54, 1.807) is 6.20 Å². The minimum Gasteiger partial charge on any atom is -0.383 e. The first-order valence-corrected chi connectivity index (χ1v) is 6.54. The maximum Gasteiger partial charge on any atom is 0.131 e. The molecule has 0 aliphatic rings. The van der Waals surface area contributed by atoms with Crippen molar-refractivity contribution >= 4 is 27.4 Å². The molecule has 2 N–H and O–H groups in total. The van der Waals surface area contributed by atoms with Crippen LogP contribution in [0.4, 0.5) is 5.82 Å². The number of hydrogen-bond donors (Lipinski definition) is 1. The Morgan fingerprint density at radius 2 is 1.63 bits per heavy atom. The van der Waals surface area contributed by atoms with Crippen molar-refractivity contribution in [1.82, 2.24) is 4.98 Å². The lowest BCUT2D eigenvalue weighted by atomic mass is 9.85. The Kier molecular flexibility index (Phi) is 2.49. The Balaban J connectivity index is 2.43. The first-order chi connectivity index (χ1) is 8.97. The molecule has 0 aliphatic carbocycles. The molecular formula is C17H18N2. The fraction of sp³-hybridized carbons (Fsp3) is 0.235. The van der Waals surface area contributed by atoms with Crippen LogP contribution in [0.2, 0.25) is 0 Å². The smallest absolute Gasteiger partial charge is 0.131 e. The third-order valence-electron chi connectivity index (χ3n) is 3.66. The van der Waals surface area contributed by atoms with Gasteiger partial charge in [0.2, 0.25) is 0 Å². The first kappa shape index (κ1) is 12.0. The molecule has 0 atom stereocenters. The molecule has 1 aromatic heterocycles. The molecule has 1 heterocycles. The van der Waals surface area contributed by atoms with Gasteiger partial charge in [0.1, 0.15) is 5.82 Å². The van der Waals surface area contributed by atoms with Crippen LogP contribution in [0.25, 0.3) is 21.5 Å². The number of fused-ring (bicyclic) bond motifs is 3. The fourth-order valence-electron chi connectivity index (χ4n) is 2.47.